The molecule has 4 amide bonds. The van der Waals surface area contributed by atoms with Crippen LogP contribution in [0.3, 0.4) is 0 Å². The monoisotopic (exact) mass is 361 g/mol. The van der Waals surface area contributed by atoms with Gasteiger partial charge in [0.05, 0.1) is 12.0 Å². The van der Waals surface area contributed by atoms with Crippen molar-refractivity contribution >= 4 is 29.2 Å². The molecule has 7 heteroatoms. The molecule has 1 N–H and O–H groups in total. The summed E-state index contributed by atoms with van der Waals surface area (Å²) in [6.07, 6.45) is 5.40. The fourth-order valence-electron chi connectivity index (χ4n) is 4.53. The molecule has 3 fully saturated rings. The lowest BCUT2D eigenvalue weighted by molar-refractivity contribution is -0.139. The molecule has 134 valence electrons. The van der Waals surface area contributed by atoms with Crippen LogP contribution in [-0.2, 0) is 15.0 Å². The molecular formula is C18H23N3O3S. The molecule has 6 nitrogen and oxygen atoms in total. The van der Waals surface area contributed by atoms with Crippen LogP contribution in [-0.4, -0.2) is 53.3 Å². The maximum Gasteiger partial charge on any atom is 0.324 e. The number of thiophene rings is 1. The molecule has 0 spiro atoms. The van der Waals surface area contributed by atoms with Crippen LogP contribution < -0.4 is 5.32 Å². The number of urea groups is 1. The summed E-state index contributed by atoms with van der Waals surface area (Å²) >= 11 is 1.68. The van der Waals surface area contributed by atoms with E-state index in [0.29, 0.717) is 25.9 Å². The zero-order chi connectivity index (χ0) is 17.4. The molecule has 25 heavy (non-hydrogen) atoms. The fourth-order valence-corrected chi connectivity index (χ4v) is 5.51. The first-order chi connectivity index (χ1) is 12.1. The van der Waals surface area contributed by atoms with E-state index in [9.17, 15) is 14.4 Å². The first kappa shape index (κ1) is 16.6. The smallest absolute Gasteiger partial charge is 0.324 e. The van der Waals surface area contributed by atoms with Crippen molar-refractivity contribution in [3.8, 4) is 0 Å². The molecule has 2 aliphatic heterocycles. The minimum absolute atomic E-state index is 0.0830. The standard InChI is InChI=1S/C18H23N3O3S/c22-15-12-19-17(24)21(15)13-5-9-20(10-6-13)16(23)18(7-1-2-8-18)14-4-3-11-25-14/h3-4,11,13H,1-2,5-10,12H2,(H,19,24). The molecule has 0 bridgehead atoms. The number of hydrogen-bond acceptors (Lipinski definition) is 4. The molecule has 0 unspecified atom stereocenters. The number of nitrogens with zero attached hydrogens (tertiary/aromatic N) is 2. The van der Waals surface area contributed by atoms with Gasteiger partial charge in [-0.05, 0) is 37.1 Å². The largest absolute Gasteiger partial charge is 0.342 e. The Hall–Kier alpha value is -1.89. The van der Waals surface area contributed by atoms with Crippen molar-refractivity contribution in [2.45, 2.75) is 50.0 Å². The van der Waals surface area contributed by atoms with Crippen molar-refractivity contribution in [2.24, 2.45) is 0 Å². The topological polar surface area (TPSA) is 69.7 Å². The Labute approximate surface area is 151 Å². The highest BCUT2D eigenvalue weighted by Crippen LogP contribution is 2.44. The molecule has 0 radical (unpaired) electrons. The van der Waals surface area contributed by atoms with Crippen LogP contribution in [0.15, 0.2) is 17.5 Å². The van der Waals surface area contributed by atoms with Crippen molar-refractivity contribution in [1.29, 1.82) is 0 Å². The number of rotatable bonds is 3. The number of piperidine rings is 1. The van der Waals surface area contributed by atoms with Gasteiger partial charge in [-0.3, -0.25) is 14.5 Å². The van der Waals surface area contributed by atoms with E-state index < -0.39 is 0 Å². The Morgan fingerprint density at radius 2 is 1.92 bits per heavy atom. The van der Waals surface area contributed by atoms with Gasteiger partial charge >= 0.3 is 6.03 Å². The minimum atomic E-state index is -0.345. The number of hydrogen-bond donors (Lipinski definition) is 1. The van der Waals surface area contributed by atoms with E-state index in [1.807, 2.05) is 16.3 Å². The van der Waals surface area contributed by atoms with Crippen LogP contribution in [0.5, 0.6) is 0 Å². The van der Waals surface area contributed by atoms with Gasteiger partial charge in [-0.1, -0.05) is 18.9 Å². The molecule has 1 aliphatic carbocycles. The third kappa shape index (κ3) is 2.74. The normalized spacial score (nSPS) is 24.0. The van der Waals surface area contributed by atoms with Gasteiger partial charge in [-0.2, -0.15) is 0 Å². The second kappa shape index (κ2) is 6.44. The van der Waals surface area contributed by atoms with Crippen molar-refractivity contribution in [3.63, 3.8) is 0 Å². The van der Waals surface area contributed by atoms with Crippen LogP contribution in [0.2, 0.25) is 0 Å². The summed E-state index contributed by atoms with van der Waals surface area (Å²) in [5.41, 5.74) is -0.345. The van der Waals surface area contributed by atoms with Gasteiger partial charge in [0.15, 0.2) is 0 Å². The van der Waals surface area contributed by atoms with Crippen molar-refractivity contribution in [3.05, 3.63) is 22.4 Å². The molecule has 0 aromatic carbocycles. The highest BCUT2D eigenvalue weighted by molar-refractivity contribution is 7.10. The maximum atomic E-state index is 13.4. The quantitative estimate of drug-likeness (QED) is 0.838. The average molecular weight is 361 g/mol. The summed E-state index contributed by atoms with van der Waals surface area (Å²) in [5.74, 6) is 0.0868. The van der Waals surface area contributed by atoms with E-state index in [4.69, 9.17) is 0 Å². The molecule has 3 aliphatic rings. The lowest BCUT2D eigenvalue weighted by Gasteiger charge is -2.39. The number of carbonyl (C=O) groups excluding carboxylic acids is 3. The van der Waals surface area contributed by atoms with Gasteiger partial charge in [0.2, 0.25) is 11.8 Å². The summed E-state index contributed by atoms with van der Waals surface area (Å²) in [6.45, 7) is 1.33. The van der Waals surface area contributed by atoms with Crippen LogP contribution in [0.25, 0.3) is 0 Å². The van der Waals surface area contributed by atoms with Gasteiger partial charge < -0.3 is 10.2 Å². The zero-order valence-electron chi connectivity index (χ0n) is 14.2. The van der Waals surface area contributed by atoms with Crippen LogP contribution >= 0.6 is 11.3 Å². The summed E-state index contributed by atoms with van der Waals surface area (Å²) in [5, 5.41) is 4.63. The van der Waals surface area contributed by atoms with E-state index in [1.165, 1.54) is 9.78 Å². The summed E-state index contributed by atoms with van der Waals surface area (Å²) in [7, 11) is 0. The molecule has 2 saturated heterocycles. The number of carbonyl (C=O) groups is 3. The Kier molecular flexibility index (Phi) is 4.27. The lowest BCUT2D eigenvalue weighted by atomic mass is 9.82. The number of nitrogens with one attached hydrogen (secondary N) is 1. The van der Waals surface area contributed by atoms with Gasteiger partial charge in [0.25, 0.3) is 0 Å². The molecule has 1 aromatic rings. The summed E-state index contributed by atoms with van der Waals surface area (Å²) in [6, 6.07) is 3.74. The lowest BCUT2D eigenvalue weighted by Crippen LogP contribution is -2.52. The van der Waals surface area contributed by atoms with Gasteiger partial charge in [0, 0.05) is 24.0 Å². The van der Waals surface area contributed by atoms with Crippen LogP contribution in [0.1, 0.15) is 43.4 Å². The van der Waals surface area contributed by atoms with Gasteiger partial charge in [-0.25, -0.2) is 4.79 Å². The first-order valence-electron chi connectivity index (χ1n) is 9.05. The van der Waals surface area contributed by atoms with Crippen molar-refractivity contribution in [1.82, 2.24) is 15.1 Å². The fraction of sp³-hybridized carbons (Fsp3) is 0.611. The minimum Gasteiger partial charge on any atom is -0.342 e. The van der Waals surface area contributed by atoms with Crippen molar-refractivity contribution < 1.29 is 14.4 Å². The molecule has 1 aromatic heterocycles. The number of likely N-dealkylation sites (tertiary alicyclic amines) is 1. The first-order valence-corrected chi connectivity index (χ1v) is 9.93. The molecular weight excluding hydrogens is 338 g/mol. The Balaban J connectivity index is 1.46. The number of imide groups is 1. The van der Waals surface area contributed by atoms with E-state index in [2.05, 4.69) is 11.4 Å². The van der Waals surface area contributed by atoms with Crippen molar-refractivity contribution in [2.75, 3.05) is 19.6 Å². The molecule has 1 saturated carbocycles. The second-order valence-corrected chi connectivity index (χ2v) is 8.16. The van der Waals surface area contributed by atoms with Crippen LogP contribution in [0.4, 0.5) is 4.79 Å². The van der Waals surface area contributed by atoms with Gasteiger partial charge in [-0.15, -0.1) is 11.3 Å². The molecule has 0 atom stereocenters. The molecule has 3 heterocycles. The Morgan fingerprint density at radius 1 is 1.20 bits per heavy atom. The predicted molar refractivity (Wildman–Crippen MR) is 94.3 cm³/mol. The summed E-state index contributed by atoms with van der Waals surface area (Å²) in [4.78, 5) is 41.6. The van der Waals surface area contributed by atoms with E-state index in [0.717, 1.165) is 25.7 Å². The second-order valence-electron chi connectivity index (χ2n) is 7.21. The Morgan fingerprint density at radius 3 is 2.48 bits per heavy atom. The van der Waals surface area contributed by atoms with E-state index in [-0.39, 0.29) is 35.8 Å². The highest BCUT2D eigenvalue weighted by atomic mass is 32.1. The average Bonchev–Trinajstić information content (AvgIpc) is 3.36. The molecule has 4 rings (SSSR count). The summed E-state index contributed by atoms with van der Waals surface area (Å²) < 4.78 is 0. The zero-order valence-corrected chi connectivity index (χ0v) is 15.0. The maximum absolute atomic E-state index is 13.4. The van der Waals surface area contributed by atoms with Gasteiger partial charge in [0.1, 0.15) is 0 Å². The Bertz CT molecular complexity index is 658. The highest BCUT2D eigenvalue weighted by Gasteiger charge is 2.47. The third-order valence-electron chi connectivity index (χ3n) is 5.85. The third-order valence-corrected chi connectivity index (χ3v) is 6.93. The van der Waals surface area contributed by atoms with E-state index >= 15 is 0 Å². The number of amides is 4. The SMILES string of the molecule is O=C1CNC(=O)N1C1CCN(C(=O)C2(c3cccs3)CCCC2)CC1. The van der Waals surface area contributed by atoms with Crippen LogP contribution in [0, 0.1) is 0 Å². The predicted octanol–water partition coefficient (Wildman–Crippen LogP) is 2.10. The van der Waals surface area contributed by atoms with E-state index in [1.54, 1.807) is 11.3 Å².